The van der Waals surface area contributed by atoms with Gasteiger partial charge >= 0.3 is 12.2 Å². The van der Waals surface area contributed by atoms with Crippen molar-refractivity contribution in [2.75, 3.05) is 6.61 Å². The van der Waals surface area contributed by atoms with Crippen LogP contribution in [0.5, 0.6) is 6.01 Å². The number of halogens is 3. The standard InChI is InChI=1S/C15H12F3N3O/c16-15(17,18)13-5-7-19-14(21-13)22-8-6-10-9-20-12-4-2-1-3-11(10)12/h1-5,7,9,20H,6,8H2. The molecule has 0 saturated heterocycles. The Morgan fingerprint density at radius 3 is 2.77 bits per heavy atom. The number of para-hydroxylation sites is 1. The van der Waals surface area contributed by atoms with E-state index in [9.17, 15) is 13.2 Å². The zero-order valence-electron chi connectivity index (χ0n) is 11.4. The maximum Gasteiger partial charge on any atom is 0.433 e. The van der Waals surface area contributed by atoms with E-state index in [0.29, 0.717) is 6.42 Å². The van der Waals surface area contributed by atoms with Crippen molar-refractivity contribution in [2.45, 2.75) is 12.6 Å². The number of rotatable bonds is 4. The van der Waals surface area contributed by atoms with Gasteiger partial charge in [0.2, 0.25) is 0 Å². The lowest BCUT2D eigenvalue weighted by atomic mass is 10.1. The van der Waals surface area contributed by atoms with Crippen molar-refractivity contribution in [1.82, 2.24) is 15.0 Å². The van der Waals surface area contributed by atoms with E-state index < -0.39 is 11.9 Å². The summed E-state index contributed by atoms with van der Waals surface area (Å²) >= 11 is 0. The van der Waals surface area contributed by atoms with Gasteiger partial charge in [-0.05, 0) is 17.7 Å². The van der Waals surface area contributed by atoms with Crippen molar-refractivity contribution in [1.29, 1.82) is 0 Å². The Hall–Kier alpha value is -2.57. The van der Waals surface area contributed by atoms with Crippen molar-refractivity contribution in [3.05, 3.63) is 54.0 Å². The number of aromatic nitrogens is 3. The monoisotopic (exact) mass is 307 g/mol. The van der Waals surface area contributed by atoms with E-state index in [0.717, 1.165) is 28.7 Å². The molecule has 1 N–H and O–H groups in total. The molecule has 0 spiro atoms. The largest absolute Gasteiger partial charge is 0.463 e. The first kappa shape index (κ1) is 14.4. The van der Waals surface area contributed by atoms with Crippen LogP contribution < -0.4 is 4.74 Å². The van der Waals surface area contributed by atoms with E-state index in [1.54, 1.807) is 0 Å². The summed E-state index contributed by atoms with van der Waals surface area (Å²) in [5.41, 5.74) is 1.03. The van der Waals surface area contributed by atoms with Gasteiger partial charge < -0.3 is 9.72 Å². The van der Waals surface area contributed by atoms with Crippen LogP contribution in [-0.4, -0.2) is 21.6 Å². The first-order chi connectivity index (χ1) is 10.5. The van der Waals surface area contributed by atoms with Gasteiger partial charge in [-0.25, -0.2) is 4.98 Å². The van der Waals surface area contributed by atoms with Crippen molar-refractivity contribution in [2.24, 2.45) is 0 Å². The van der Waals surface area contributed by atoms with Crippen LogP contribution in [0.25, 0.3) is 10.9 Å². The van der Waals surface area contributed by atoms with Crippen LogP contribution >= 0.6 is 0 Å². The van der Waals surface area contributed by atoms with Gasteiger partial charge in [0.1, 0.15) is 0 Å². The highest BCUT2D eigenvalue weighted by atomic mass is 19.4. The summed E-state index contributed by atoms with van der Waals surface area (Å²) < 4.78 is 42.8. The summed E-state index contributed by atoms with van der Waals surface area (Å²) in [6.45, 7) is 0.198. The molecule has 22 heavy (non-hydrogen) atoms. The summed E-state index contributed by atoms with van der Waals surface area (Å²) in [6.07, 6.45) is -1.06. The molecule has 1 aromatic carbocycles. The number of nitrogens with one attached hydrogen (secondary N) is 1. The number of aromatic amines is 1. The summed E-state index contributed by atoms with van der Waals surface area (Å²) in [5, 5.41) is 1.07. The predicted molar refractivity (Wildman–Crippen MR) is 74.5 cm³/mol. The minimum atomic E-state index is -4.50. The van der Waals surface area contributed by atoms with Crippen LogP contribution in [0, 0.1) is 0 Å². The molecule has 114 valence electrons. The molecule has 2 aromatic heterocycles. The van der Waals surface area contributed by atoms with Crippen LogP contribution in [0.2, 0.25) is 0 Å². The highest BCUT2D eigenvalue weighted by Gasteiger charge is 2.33. The fraction of sp³-hybridized carbons (Fsp3) is 0.200. The number of benzene rings is 1. The summed E-state index contributed by atoms with van der Waals surface area (Å²) in [6, 6.07) is 8.32. The molecule has 0 radical (unpaired) electrons. The normalized spacial score (nSPS) is 11.8. The maximum absolute atomic E-state index is 12.5. The fourth-order valence-corrected chi connectivity index (χ4v) is 2.16. The molecule has 3 rings (SSSR count). The topological polar surface area (TPSA) is 50.8 Å². The number of ether oxygens (including phenoxy) is 1. The number of hydrogen-bond donors (Lipinski definition) is 1. The summed E-state index contributed by atoms with van der Waals surface area (Å²) in [7, 11) is 0. The Morgan fingerprint density at radius 2 is 1.95 bits per heavy atom. The molecule has 0 atom stereocenters. The SMILES string of the molecule is FC(F)(F)c1ccnc(OCCc2c[nH]c3ccccc23)n1. The molecule has 0 aliphatic heterocycles. The first-order valence-corrected chi connectivity index (χ1v) is 6.62. The zero-order chi connectivity index (χ0) is 15.6. The van der Waals surface area contributed by atoms with Gasteiger partial charge in [0.05, 0.1) is 6.61 Å². The molecule has 7 heteroatoms. The Labute approximate surface area is 124 Å². The van der Waals surface area contributed by atoms with E-state index in [4.69, 9.17) is 4.74 Å². The lowest BCUT2D eigenvalue weighted by Crippen LogP contribution is -2.11. The van der Waals surface area contributed by atoms with E-state index in [2.05, 4.69) is 15.0 Å². The van der Waals surface area contributed by atoms with Gasteiger partial charge in [-0.15, -0.1) is 0 Å². The van der Waals surface area contributed by atoms with Gasteiger partial charge in [-0.2, -0.15) is 18.2 Å². The Balaban J connectivity index is 1.66. The van der Waals surface area contributed by atoms with Gasteiger partial charge in [-0.1, -0.05) is 18.2 Å². The molecule has 4 nitrogen and oxygen atoms in total. The molecular weight excluding hydrogens is 295 g/mol. The predicted octanol–water partition coefficient (Wildman–Crippen LogP) is 3.60. The number of hydrogen-bond acceptors (Lipinski definition) is 3. The zero-order valence-corrected chi connectivity index (χ0v) is 11.4. The van der Waals surface area contributed by atoms with Crippen molar-refractivity contribution < 1.29 is 17.9 Å². The molecule has 3 aromatic rings. The van der Waals surface area contributed by atoms with E-state index in [1.165, 1.54) is 0 Å². The molecule has 0 aliphatic carbocycles. The third kappa shape index (κ3) is 3.03. The molecule has 0 unspecified atom stereocenters. The lowest BCUT2D eigenvalue weighted by molar-refractivity contribution is -0.141. The smallest absolute Gasteiger partial charge is 0.433 e. The molecule has 0 fully saturated rings. The second-order valence-corrected chi connectivity index (χ2v) is 4.68. The van der Waals surface area contributed by atoms with Crippen molar-refractivity contribution in [3.8, 4) is 6.01 Å². The third-order valence-electron chi connectivity index (χ3n) is 3.20. The average Bonchev–Trinajstić information content (AvgIpc) is 2.90. The van der Waals surface area contributed by atoms with E-state index in [-0.39, 0.29) is 12.6 Å². The molecular formula is C15H12F3N3O. The number of alkyl halides is 3. The third-order valence-corrected chi connectivity index (χ3v) is 3.20. The van der Waals surface area contributed by atoms with Crippen LogP contribution in [-0.2, 0) is 12.6 Å². The molecule has 0 saturated carbocycles. The van der Waals surface area contributed by atoms with Gasteiger partial charge in [0.15, 0.2) is 5.69 Å². The van der Waals surface area contributed by atoms with Crippen LogP contribution in [0.1, 0.15) is 11.3 Å². The van der Waals surface area contributed by atoms with Gasteiger partial charge in [-0.3, -0.25) is 0 Å². The van der Waals surface area contributed by atoms with E-state index >= 15 is 0 Å². The fourth-order valence-electron chi connectivity index (χ4n) is 2.16. The average molecular weight is 307 g/mol. The summed E-state index contributed by atoms with van der Waals surface area (Å²) in [4.78, 5) is 10.2. The second kappa shape index (κ2) is 5.67. The number of H-pyrrole nitrogens is 1. The van der Waals surface area contributed by atoms with E-state index in [1.807, 2.05) is 30.5 Å². The highest BCUT2D eigenvalue weighted by molar-refractivity contribution is 5.83. The highest BCUT2D eigenvalue weighted by Crippen LogP contribution is 2.27. The Morgan fingerprint density at radius 1 is 1.14 bits per heavy atom. The Kier molecular flexibility index (Phi) is 3.70. The first-order valence-electron chi connectivity index (χ1n) is 6.62. The van der Waals surface area contributed by atoms with Crippen molar-refractivity contribution in [3.63, 3.8) is 0 Å². The number of fused-ring (bicyclic) bond motifs is 1. The summed E-state index contributed by atoms with van der Waals surface area (Å²) in [5.74, 6) is 0. The van der Waals surface area contributed by atoms with Crippen LogP contribution in [0.3, 0.4) is 0 Å². The maximum atomic E-state index is 12.5. The quantitative estimate of drug-likeness (QED) is 0.801. The Bertz CT molecular complexity index is 783. The number of nitrogens with zero attached hydrogens (tertiary/aromatic N) is 2. The minimum Gasteiger partial charge on any atom is -0.463 e. The van der Waals surface area contributed by atoms with Gasteiger partial charge in [0.25, 0.3) is 0 Å². The van der Waals surface area contributed by atoms with Crippen LogP contribution in [0.15, 0.2) is 42.7 Å². The van der Waals surface area contributed by atoms with Gasteiger partial charge in [0, 0.05) is 29.7 Å². The second-order valence-electron chi connectivity index (χ2n) is 4.68. The van der Waals surface area contributed by atoms with Crippen LogP contribution in [0.4, 0.5) is 13.2 Å². The molecule has 2 heterocycles. The molecule has 0 amide bonds. The molecule has 0 aliphatic rings. The van der Waals surface area contributed by atoms with Crippen molar-refractivity contribution >= 4 is 10.9 Å². The lowest BCUT2D eigenvalue weighted by Gasteiger charge is -2.07. The minimum absolute atomic E-state index is 0.198. The molecule has 0 bridgehead atoms.